The van der Waals surface area contributed by atoms with Crippen molar-refractivity contribution in [1.82, 2.24) is 0 Å². The third-order valence-electron chi connectivity index (χ3n) is 3.69. The van der Waals surface area contributed by atoms with Crippen molar-refractivity contribution in [2.75, 3.05) is 18.1 Å². The Balaban J connectivity index is 2.06. The number of benzene rings is 1. The Hall–Kier alpha value is -1.62. The fourth-order valence-corrected chi connectivity index (χ4v) is 2.71. The molecule has 19 heavy (non-hydrogen) atoms. The summed E-state index contributed by atoms with van der Waals surface area (Å²) >= 11 is 0. The third kappa shape index (κ3) is 3.04. The first-order valence-electron chi connectivity index (χ1n) is 6.78. The molecule has 1 atom stereocenters. The zero-order chi connectivity index (χ0) is 13.8. The van der Waals surface area contributed by atoms with Crippen LogP contribution in [0.2, 0.25) is 0 Å². The zero-order valence-corrected chi connectivity index (χ0v) is 11.2. The van der Waals surface area contributed by atoms with Gasteiger partial charge in [0.05, 0.1) is 4.92 Å². The van der Waals surface area contributed by atoms with Gasteiger partial charge in [-0.05, 0) is 44.2 Å². The maximum absolute atomic E-state index is 10.8. The summed E-state index contributed by atoms with van der Waals surface area (Å²) in [5, 5.41) is 19.5. The number of hydrogen-bond acceptors (Lipinski definition) is 4. The fourth-order valence-electron chi connectivity index (χ4n) is 2.71. The van der Waals surface area contributed by atoms with E-state index in [9.17, 15) is 10.1 Å². The average Bonchev–Trinajstić information content (AvgIpc) is 2.69. The van der Waals surface area contributed by atoms with E-state index < -0.39 is 0 Å². The number of unbranched alkanes of at least 4 members (excludes halogenated alkanes) is 2. The Kier molecular flexibility index (Phi) is 4.37. The molecule has 1 aromatic carbocycles. The molecule has 1 aliphatic rings. The molecule has 0 fully saturated rings. The van der Waals surface area contributed by atoms with Crippen LogP contribution < -0.4 is 4.90 Å². The summed E-state index contributed by atoms with van der Waals surface area (Å²) in [4.78, 5) is 12.8. The molecule has 0 amide bonds. The summed E-state index contributed by atoms with van der Waals surface area (Å²) in [7, 11) is 0. The molecule has 1 heterocycles. The highest BCUT2D eigenvalue weighted by Gasteiger charge is 2.26. The molecule has 0 spiro atoms. The lowest BCUT2D eigenvalue weighted by molar-refractivity contribution is -0.384. The van der Waals surface area contributed by atoms with Crippen molar-refractivity contribution >= 4 is 11.4 Å². The van der Waals surface area contributed by atoms with Crippen molar-refractivity contribution in [3.05, 3.63) is 33.9 Å². The van der Waals surface area contributed by atoms with Crippen LogP contribution >= 0.6 is 0 Å². The minimum absolute atomic E-state index is 0.174. The van der Waals surface area contributed by atoms with Crippen LogP contribution in [0.1, 0.15) is 31.7 Å². The van der Waals surface area contributed by atoms with Crippen LogP contribution in [0.4, 0.5) is 11.4 Å². The Morgan fingerprint density at radius 1 is 1.42 bits per heavy atom. The molecule has 1 aromatic rings. The van der Waals surface area contributed by atoms with Gasteiger partial charge in [-0.15, -0.1) is 0 Å². The topological polar surface area (TPSA) is 66.6 Å². The van der Waals surface area contributed by atoms with Crippen molar-refractivity contribution in [3.63, 3.8) is 0 Å². The highest BCUT2D eigenvalue weighted by Crippen LogP contribution is 2.34. The van der Waals surface area contributed by atoms with Crippen molar-refractivity contribution in [2.24, 2.45) is 0 Å². The van der Waals surface area contributed by atoms with Crippen LogP contribution in [-0.2, 0) is 6.42 Å². The number of anilines is 1. The molecule has 1 unspecified atom stereocenters. The molecule has 0 saturated heterocycles. The van der Waals surface area contributed by atoms with E-state index in [4.69, 9.17) is 5.11 Å². The minimum atomic E-state index is -0.338. The molecular weight excluding hydrogens is 244 g/mol. The quantitative estimate of drug-likeness (QED) is 0.487. The van der Waals surface area contributed by atoms with Crippen LogP contribution in [0.5, 0.6) is 0 Å². The molecule has 5 heteroatoms. The van der Waals surface area contributed by atoms with Gasteiger partial charge >= 0.3 is 0 Å². The van der Waals surface area contributed by atoms with E-state index in [0.29, 0.717) is 6.04 Å². The van der Waals surface area contributed by atoms with Gasteiger partial charge in [-0.2, -0.15) is 0 Å². The molecule has 5 nitrogen and oxygen atoms in total. The van der Waals surface area contributed by atoms with Gasteiger partial charge in [0.15, 0.2) is 0 Å². The second-order valence-corrected chi connectivity index (χ2v) is 5.10. The number of nitrogens with zero attached hydrogens (tertiary/aromatic N) is 2. The van der Waals surface area contributed by atoms with E-state index in [1.165, 1.54) is 0 Å². The van der Waals surface area contributed by atoms with Gasteiger partial charge in [0.1, 0.15) is 0 Å². The van der Waals surface area contributed by atoms with E-state index in [2.05, 4.69) is 11.8 Å². The monoisotopic (exact) mass is 264 g/mol. The number of non-ortho nitro benzene ring substituents is 1. The molecule has 1 N–H and O–H groups in total. The van der Waals surface area contributed by atoms with E-state index >= 15 is 0 Å². The smallest absolute Gasteiger partial charge is 0.269 e. The summed E-state index contributed by atoms with van der Waals surface area (Å²) < 4.78 is 0. The normalized spacial score (nSPS) is 17.6. The van der Waals surface area contributed by atoms with Crippen LogP contribution in [0.3, 0.4) is 0 Å². The molecule has 0 aromatic heterocycles. The number of aliphatic hydroxyl groups is 1. The number of nitro groups is 1. The lowest BCUT2D eigenvalue weighted by Crippen LogP contribution is -2.30. The molecule has 0 radical (unpaired) electrons. The van der Waals surface area contributed by atoms with Gasteiger partial charge in [-0.1, -0.05) is 0 Å². The van der Waals surface area contributed by atoms with Gasteiger partial charge in [0, 0.05) is 37.0 Å². The first-order chi connectivity index (χ1) is 9.13. The van der Waals surface area contributed by atoms with Crippen LogP contribution in [-0.4, -0.2) is 29.2 Å². The Morgan fingerprint density at radius 3 is 2.89 bits per heavy atom. The van der Waals surface area contributed by atoms with Crippen molar-refractivity contribution in [1.29, 1.82) is 0 Å². The van der Waals surface area contributed by atoms with E-state index in [-0.39, 0.29) is 17.2 Å². The van der Waals surface area contributed by atoms with E-state index in [1.54, 1.807) is 12.1 Å². The second kappa shape index (κ2) is 6.02. The maximum atomic E-state index is 10.8. The predicted molar refractivity (Wildman–Crippen MR) is 74.5 cm³/mol. The standard InChI is InChI=1S/C14H20N2O3/c1-11-9-12-10-13(16(18)19)5-6-14(12)15(11)7-3-2-4-8-17/h5-6,10-11,17H,2-4,7-9H2,1H3. The first kappa shape index (κ1) is 13.8. The zero-order valence-electron chi connectivity index (χ0n) is 11.2. The van der Waals surface area contributed by atoms with Gasteiger partial charge in [0.2, 0.25) is 0 Å². The van der Waals surface area contributed by atoms with Crippen LogP contribution in [0, 0.1) is 10.1 Å². The van der Waals surface area contributed by atoms with E-state index in [1.807, 2.05) is 6.07 Å². The Bertz CT molecular complexity index is 462. The number of rotatable bonds is 6. The molecular formula is C14H20N2O3. The molecule has 104 valence electrons. The number of nitro benzene ring substituents is 1. The van der Waals surface area contributed by atoms with Gasteiger partial charge < -0.3 is 10.0 Å². The predicted octanol–water partition coefficient (Wildman–Crippen LogP) is 2.51. The van der Waals surface area contributed by atoms with Crippen LogP contribution in [0.25, 0.3) is 0 Å². The summed E-state index contributed by atoms with van der Waals surface area (Å²) in [5.41, 5.74) is 2.37. The van der Waals surface area contributed by atoms with Crippen molar-refractivity contribution < 1.29 is 10.0 Å². The minimum Gasteiger partial charge on any atom is -0.396 e. The molecule has 0 aliphatic carbocycles. The van der Waals surface area contributed by atoms with Crippen LogP contribution in [0.15, 0.2) is 18.2 Å². The lowest BCUT2D eigenvalue weighted by atomic mass is 10.1. The lowest BCUT2D eigenvalue weighted by Gasteiger charge is -2.24. The number of fused-ring (bicyclic) bond motifs is 1. The van der Waals surface area contributed by atoms with Gasteiger partial charge in [-0.3, -0.25) is 10.1 Å². The first-order valence-corrected chi connectivity index (χ1v) is 6.78. The van der Waals surface area contributed by atoms with Crippen molar-refractivity contribution in [3.8, 4) is 0 Å². The molecule has 1 aliphatic heterocycles. The maximum Gasteiger partial charge on any atom is 0.269 e. The molecule has 2 rings (SSSR count). The number of hydrogen-bond donors (Lipinski definition) is 1. The molecule has 0 bridgehead atoms. The summed E-state index contributed by atoms with van der Waals surface area (Å²) in [5.74, 6) is 0. The highest BCUT2D eigenvalue weighted by molar-refractivity contribution is 5.62. The summed E-state index contributed by atoms with van der Waals surface area (Å²) in [6.45, 7) is 3.35. The highest BCUT2D eigenvalue weighted by atomic mass is 16.6. The number of aliphatic hydroxyl groups excluding tert-OH is 1. The van der Waals surface area contributed by atoms with Crippen molar-refractivity contribution in [2.45, 2.75) is 38.6 Å². The summed E-state index contributed by atoms with van der Waals surface area (Å²) in [6, 6.07) is 5.53. The third-order valence-corrected chi connectivity index (χ3v) is 3.69. The molecule has 0 saturated carbocycles. The van der Waals surface area contributed by atoms with Gasteiger partial charge in [-0.25, -0.2) is 0 Å². The largest absolute Gasteiger partial charge is 0.396 e. The fraction of sp³-hybridized carbons (Fsp3) is 0.571. The second-order valence-electron chi connectivity index (χ2n) is 5.10. The summed E-state index contributed by atoms with van der Waals surface area (Å²) in [6.07, 6.45) is 3.77. The average molecular weight is 264 g/mol. The van der Waals surface area contributed by atoms with Gasteiger partial charge in [0.25, 0.3) is 5.69 Å². The Labute approximate surface area is 113 Å². The van der Waals surface area contributed by atoms with E-state index in [0.717, 1.165) is 43.5 Å². The Morgan fingerprint density at radius 2 is 2.21 bits per heavy atom. The SMILES string of the molecule is CC1Cc2cc([N+](=O)[O-])ccc2N1CCCCCO.